The molecule has 2 heterocycles. The summed E-state index contributed by atoms with van der Waals surface area (Å²) < 4.78 is 12.4. The number of furan rings is 1. The van der Waals surface area contributed by atoms with Gasteiger partial charge in [0.1, 0.15) is 18.1 Å². The molecule has 1 N–H and O–H groups in total. The number of para-hydroxylation sites is 1. The Kier molecular flexibility index (Phi) is 7.76. The first-order valence-electron chi connectivity index (χ1n) is 11.6. The fourth-order valence-electron chi connectivity index (χ4n) is 3.71. The van der Waals surface area contributed by atoms with Gasteiger partial charge < -0.3 is 14.3 Å². The van der Waals surface area contributed by atoms with E-state index in [2.05, 4.69) is 15.9 Å². The maximum atomic E-state index is 13.5. The van der Waals surface area contributed by atoms with Crippen LogP contribution in [-0.4, -0.2) is 27.1 Å². The number of ether oxygens (including phenoxy) is 1. The Hall–Kier alpha value is -4.08. The second-order valence-electron chi connectivity index (χ2n) is 8.28. The lowest BCUT2D eigenvalue weighted by Gasteiger charge is -2.14. The van der Waals surface area contributed by atoms with Crippen molar-refractivity contribution in [2.45, 2.75) is 13.2 Å². The van der Waals surface area contributed by atoms with Crippen LogP contribution in [0.15, 0.2) is 110 Å². The molecule has 1 aromatic heterocycles. The second kappa shape index (κ2) is 11.5. The normalized spacial score (nSPS) is 15.4. The van der Waals surface area contributed by atoms with Crippen molar-refractivity contribution in [3.05, 3.63) is 123 Å². The summed E-state index contributed by atoms with van der Waals surface area (Å²) in [4.78, 5) is 31.4. The molecule has 9 heteroatoms. The van der Waals surface area contributed by atoms with Gasteiger partial charge in [-0.15, -0.1) is 0 Å². The predicted molar refractivity (Wildman–Crippen MR) is 150 cm³/mol. The van der Waals surface area contributed by atoms with E-state index in [1.165, 1.54) is 11.8 Å². The predicted octanol–water partition coefficient (Wildman–Crippen LogP) is 7.12. The summed E-state index contributed by atoms with van der Waals surface area (Å²) in [7, 11) is 0. The average molecular weight is 589 g/mol. The highest BCUT2D eigenvalue weighted by atomic mass is 79.9. The molecular weight excluding hydrogens is 568 g/mol. The number of nitrogens with zero attached hydrogens (tertiary/aromatic N) is 2. The van der Waals surface area contributed by atoms with Gasteiger partial charge in [0.15, 0.2) is 5.17 Å². The van der Waals surface area contributed by atoms with Crippen molar-refractivity contribution in [2.75, 3.05) is 0 Å². The lowest BCUT2D eigenvalue weighted by molar-refractivity contribution is -0.122. The summed E-state index contributed by atoms with van der Waals surface area (Å²) in [5, 5.41) is 9.66. The highest BCUT2D eigenvalue weighted by Crippen LogP contribution is 2.37. The summed E-state index contributed by atoms with van der Waals surface area (Å²) >= 11 is 4.80. The van der Waals surface area contributed by atoms with Crippen LogP contribution in [0.5, 0.6) is 5.75 Å². The van der Waals surface area contributed by atoms with Gasteiger partial charge in [0, 0.05) is 10.0 Å². The van der Waals surface area contributed by atoms with Crippen molar-refractivity contribution in [2.24, 2.45) is 4.99 Å². The number of amidine groups is 1. The van der Waals surface area contributed by atoms with E-state index in [9.17, 15) is 9.59 Å². The van der Waals surface area contributed by atoms with E-state index in [-0.39, 0.29) is 24.6 Å². The smallest absolute Gasteiger partial charge is 0.335 e. The first-order chi connectivity index (χ1) is 18.5. The molecule has 0 bridgehead atoms. The van der Waals surface area contributed by atoms with Crippen LogP contribution in [0.25, 0.3) is 6.08 Å². The molecule has 1 amide bonds. The van der Waals surface area contributed by atoms with Crippen LogP contribution in [0.3, 0.4) is 0 Å². The van der Waals surface area contributed by atoms with E-state index in [4.69, 9.17) is 19.3 Å². The van der Waals surface area contributed by atoms with Crippen LogP contribution in [0.1, 0.15) is 27.2 Å². The number of rotatable bonds is 8. The molecule has 1 saturated heterocycles. The Morgan fingerprint density at radius 2 is 1.84 bits per heavy atom. The van der Waals surface area contributed by atoms with Gasteiger partial charge in [0.2, 0.25) is 0 Å². The number of benzene rings is 3. The van der Waals surface area contributed by atoms with E-state index in [0.29, 0.717) is 21.6 Å². The molecule has 7 nitrogen and oxygen atoms in total. The van der Waals surface area contributed by atoms with Gasteiger partial charge in [-0.05, 0) is 78.0 Å². The minimum atomic E-state index is -0.978. The van der Waals surface area contributed by atoms with E-state index in [0.717, 1.165) is 21.3 Å². The topological polar surface area (TPSA) is 92.3 Å². The minimum absolute atomic E-state index is 0.184. The Labute approximate surface area is 231 Å². The fraction of sp³-hybridized carbons (Fsp3) is 0.0690. The molecule has 0 atom stereocenters. The van der Waals surface area contributed by atoms with Crippen LogP contribution in [0, 0.1) is 0 Å². The van der Waals surface area contributed by atoms with Crippen LogP contribution in [0.4, 0.5) is 5.69 Å². The molecule has 190 valence electrons. The van der Waals surface area contributed by atoms with Gasteiger partial charge in [-0.1, -0.05) is 46.3 Å². The van der Waals surface area contributed by atoms with Crippen molar-refractivity contribution in [1.82, 2.24) is 4.90 Å². The second-order valence-corrected chi connectivity index (χ2v) is 10.2. The molecule has 1 aliphatic rings. The molecule has 4 aromatic rings. The molecule has 5 rings (SSSR count). The number of carboxylic acids is 1. The summed E-state index contributed by atoms with van der Waals surface area (Å²) in [6, 6.07) is 25.2. The first kappa shape index (κ1) is 25.6. The third-order valence-electron chi connectivity index (χ3n) is 5.62. The lowest BCUT2D eigenvalue weighted by atomic mass is 10.1. The molecule has 0 radical (unpaired) electrons. The molecule has 0 unspecified atom stereocenters. The van der Waals surface area contributed by atoms with Gasteiger partial charge in [-0.2, -0.15) is 0 Å². The summed E-state index contributed by atoms with van der Waals surface area (Å²) in [6.07, 6.45) is 3.37. The number of thioether (sulfide) groups is 1. The first-order valence-corrected chi connectivity index (χ1v) is 13.2. The van der Waals surface area contributed by atoms with Crippen LogP contribution in [-0.2, 0) is 17.9 Å². The van der Waals surface area contributed by atoms with Crippen LogP contribution in [0.2, 0.25) is 0 Å². The SMILES string of the molecule is O=C(O)c1ccc(COc2ccc(Br)cc2/C=C2\SC(=Nc3ccccc3)N(Cc3ccco3)C2=O)cc1. The third kappa shape index (κ3) is 6.07. The van der Waals surface area contributed by atoms with Crippen molar-refractivity contribution in [1.29, 1.82) is 0 Å². The quantitative estimate of drug-likeness (QED) is 0.220. The molecular formula is C29H21BrN2O5S. The van der Waals surface area contributed by atoms with Crippen molar-refractivity contribution >= 4 is 56.5 Å². The molecule has 0 spiro atoms. The zero-order chi connectivity index (χ0) is 26.5. The minimum Gasteiger partial charge on any atom is -0.488 e. The molecule has 38 heavy (non-hydrogen) atoms. The van der Waals surface area contributed by atoms with Gasteiger partial charge in [-0.3, -0.25) is 9.69 Å². The number of halogens is 1. The number of aromatic carboxylic acids is 1. The Balaban J connectivity index is 1.43. The maximum Gasteiger partial charge on any atom is 0.335 e. The summed E-state index contributed by atoms with van der Waals surface area (Å²) in [5.41, 5.74) is 2.50. The molecule has 1 fully saturated rings. The fourth-order valence-corrected chi connectivity index (χ4v) is 5.08. The van der Waals surface area contributed by atoms with E-state index >= 15 is 0 Å². The van der Waals surface area contributed by atoms with Crippen LogP contribution >= 0.6 is 27.7 Å². The highest BCUT2D eigenvalue weighted by molar-refractivity contribution is 9.10. The zero-order valence-electron chi connectivity index (χ0n) is 19.9. The maximum absolute atomic E-state index is 13.5. The number of carboxylic acid groups (broad SMARTS) is 1. The summed E-state index contributed by atoms with van der Waals surface area (Å²) in [5.74, 6) is 0.0781. The molecule has 0 saturated carbocycles. The highest BCUT2D eigenvalue weighted by Gasteiger charge is 2.34. The standard InChI is InChI=1S/C29H21BrN2O5S/c30-22-12-13-25(37-18-19-8-10-20(11-9-19)28(34)35)21(15-22)16-26-27(33)32(17-24-7-4-14-36-24)29(38-26)31-23-5-2-1-3-6-23/h1-16H,17-18H2,(H,34,35)/b26-16-,31-29?. The van der Waals surface area contributed by atoms with E-state index in [1.807, 2.05) is 54.6 Å². The Morgan fingerprint density at radius 1 is 1.05 bits per heavy atom. The van der Waals surface area contributed by atoms with E-state index in [1.54, 1.807) is 47.6 Å². The average Bonchev–Trinajstić information content (AvgIpc) is 3.53. The third-order valence-corrected chi connectivity index (χ3v) is 7.12. The number of hydrogen-bond acceptors (Lipinski definition) is 6. The zero-order valence-corrected chi connectivity index (χ0v) is 22.3. The molecule has 0 aliphatic carbocycles. The Bertz CT molecular complexity index is 1520. The van der Waals surface area contributed by atoms with Gasteiger partial charge in [0.05, 0.1) is 29.0 Å². The van der Waals surface area contributed by atoms with Crippen molar-refractivity contribution in [3.63, 3.8) is 0 Å². The molecule has 1 aliphatic heterocycles. The van der Waals surface area contributed by atoms with Gasteiger partial charge >= 0.3 is 5.97 Å². The number of amides is 1. The lowest BCUT2D eigenvalue weighted by Crippen LogP contribution is -2.28. The number of carbonyl (C=O) groups excluding carboxylic acids is 1. The number of hydrogen-bond donors (Lipinski definition) is 1. The Morgan fingerprint density at radius 3 is 2.55 bits per heavy atom. The van der Waals surface area contributed by atoms with Crippen LogP contribution < -0.4 is 4.74 Å². The number of aliphatic imine (C=N–C) groups is 1. The number of carbonyl (C=O) groups is 2. The van der Waals surface area contributed by atoms with Gasteiger partial charge in [0.25, 0.3) is 5.91 Å². The largest absolute Gasteiger partial charge is 0.488 e. The van der Waals surface area contributed by atoms with Gasteiger partial charge in [-0.25, -0.2) is 9.79 Å². The monoisotopic (exact) mass is 588 g/mol. The van der Waals surface area contributed by atoms with E-state index < -0.39 is 5.97 Å². The van der Waals surface area contributed by atoms with Crippen molar-refractivity contribution in [3.8, 4) is 5.75 Å². The van der Waals surface area contributed by atoms with Crippen molar-refractivity contribution < 1.29 is 23.8 Å². The molecule has 3 aromatic carbocycles. The summed E-state index contributed by atoms with van der Waals surface area (Å²) in [6.45, 7) is 0.500.